The first kappa shape index (κ1) is 19.1. The Balaban J connectivity index is 2.32. The van der Waals surface area contributed by atoms with Crippen molar-refractivity contribution in [3.8, 4) is 17.6 Å². The summed E-state index contributed by atoms with van der Waals surface area (Å²) in [5.41, 5.74) is 1.86. The second-order valence-corrected chi connectivity index (χ2v) is 6.74. The number of phenols is 1. The number of aromatic hydroxyl groups is 1. The van der Waals surface area contributed by atoms with Crippen molar-refractivity contribution < 1.29 is 14.6 Å². The maximum absolute atomic E-state index is 12.4. The number of hydrogen-bond donors (Lipinski definition) is 2. The van der Waals surface area contributed by atoms with Crippen molar-refractivity contribution in [3.63, 3.8) is 0 Å². The summed E-state index contributed by atoms with van der Waals surface area (Å²) in [5.74, 6) is -0.251. The molecule has 0 aliphatic carbocycles. The van der Waals surface area contributed by atoms with E-state index in [1.807, 2.05) is 35.6 Å². The van der Waals surface area contributed by atoms with Crippen LogP contribution in [-0.2, 0) is 4.79 Å². The Bertz CT molecular complexity index is 904. The number of benzene rings is 2. The van der Waals surface area contributed by atoms with Crippen molar-refractivity contribution in [2.24, 2.45) is 0 Å². The maximum atomic E-state index is 12.4. The van der Waals surface area contributed by atoms with Crippen LogP contribution in [0.2, 0.25) is 5.02 Å². The second-order valence-electron chi connectivity index (χ2n) is 5.14. The molecule has 0 atom stereocenters. The Morgan fingerprint density at radius 3 is 2.72 bits per heavy atom. The number of amides is 1. The Kier molecular flexibility index (Phi) is 6.28. The van der Waals surface area contributed by atoms with Crippen molar-refractivity contribution in [1.82, 2.24) is 0 Å². The molecular weight excluding hydrogens is 455 g/mol. The summed E-state index contributed by atoms with van der Waals surface area (Å²) in [6.07, 6.45) is 1.44. The van der Waals surface area contributed by atoms with Gasteiger partial charge in [0.15, 0.2) is 11.5 Å². The van der Waals surface area contributed by atoms with Gasteiger partial charge < -0.3 is 15.2 Å². The molecule has 7 heteroatoms. The molecule has 2 N–H and O–H groups in total. The smallest absolute Gasteiger partial charge is 0.266 e. The minimum Gasteiger partial charge on any atom is -0.504 e. The number of nitriles is 1. The van der Waals surface area contributed by atoms with Crippen molar-refractivity contribution in [2.45, 2.75) is 6.92 Å². The van der Waals surface area contributed by atoms with Crippen LogP contribution >= 0.6 is 34.2 Å². The number of phenolic OH excluding ortho intramolecular Hbond substituents is 1. The highest BCUT2D eigenvalue weighted by Crippen LogP contribution is 2.33. The fraction of sp³-hybridized carbons (Fsp3) is 0.111. The van der Waals surface area contributed by atoms with Crippen LogP contribution < -0.4 is 10.1 Å². The van der Waals surface area contributed by atoms with Gasteiger partial charge in [-0.2, -0.15) is 5.26 Å². The summed E-state index contributed by atoms with van der Waals surface area (Å²) in [6, 6.07) is 10.2. The zero-order chi connectivity index (χ0) is 18.6. The van der Waals surface area contributed by atoms with E-state index in [-0.39, 0.29) is 17.1 Å². The molecule has 5 nitrogen and oxygen atoms in total. The highest BCUT2D eigenvalue weighted by atomic mass is 127. The number of halogens is 2. The minimum absolute atomic E-state index is 0.0139. The Morgan fingerprint density at radius 2 is 2.12 bits per heavy atom. The van der Waals surface area contributed by atoms with Crippen molar-refractivity contribution >= 4 is 51.9 Å². The average molecular weight is 469 g/mol. The van der Waals surface area contributed by atoms with E-state index in [4.69, 9.17) is 16.3 Å². The molecule has 0 fully saturated rings. The lowest BCUT2D eigenvalue weighted by atomic mass is 10.1. The van der Waals surface area contributed by atoms with Crippen LogP contribution in [0.1, 0.15) is 11.1 Å². The number of ether oxygens (including phenoxy) is 1. The van der Waals surface area contributed by atoms with Gasteiger partial charge in [-0.15, -0.1) is 0 Å². The lowest BCUT2D eigenvalue weighted by Gasteiger charge is -2.09. The molecule has 128 valence electrons. The summed E-state index contributed by atoms with van der Waals surface area (Å²) in [4.78, 5) is 12.4. The summed E-state index contributed by atoms with van der Waals surface area (Å²) >= 11 is 7.84. The van der Waals surface area contributed by atoms with Gasteiger partial charge in [0.25, 0.3) is 5.91 Å². The third-order valence-electron chi connectivity index (χ3n) is 3.38. The van der Waals surface area contributed by atoms with Gasteiger partial charge in [0, 0.05) is 10.7 Å². The fourth-order valence-electron chi connectivity index (χ4n) is 2.10. The standard InChI is InChI=1S/C18H14ClIN2O3/c1-10-5-13(19)3-4-15(10)22-18(24)12(9-21)6-11-7-14(20)17(23)16(8-11)25-2/h3-8,23H,1-2H3,(H,22,24)/b12-6+. The first-order chi connectivity index (χ1) is 11.8. The van der Waals surface area contributed by atoms with Crippen LogP contribution in [-0.4, -0.2) is 18.1 Å². The third-order valence-corrected chi connectivity index (χ3v) is 4.44. The van der Waals surface area contributed by atoms with Crippen LogP contribution in [0.5, 0.6) is 11.5 Å². The van der Waals surface area contributed by atoms with Gasteiger partial charge in [0.1, 0.15) is 11.6 Å². The molecule has 0 unspecified atom stereocenters. The van der Waals surface area contributed by atoms with Gasteiger partial charge in [0.2, 0.25) is 0 Å². The topological polar surface area (TPSA) is 82.3 Å². The summed E-state index contributed by atoms with van der Waals surface area (Å²) < 4.78 is 5.64. The van der Waals surface area contributed by atoms with Gasteiger partial charge in [-0.3, -0.25) is 4.79 Å². The van der Waals surface area contributed by atoms with E-state index >= 15 is 0 Å². The third kappa shape index (κ3) is 4.65. The van der Waals surface area contributed by atoms with Gasteiger partial charge in [-0.1, -0.05) is 11.6 Å². The van der Waals surface area contributed by atoms with Gasteiger partial charge in [-0.25, -0.2) is 0 Å². The molecule has 25 heavy (non-hydrogen) atoms. The van der Waals surface area contributed by atoms with Gasteiger partial charge >= 0.3 is 0 Å². The molecule has 0 radical (unpaired) electrons. The molecule has 2 aromatic rings. The largest absolute Gasteiger partial charge is 0.504 e. The molecule has 2 rings (SSSR count). The van der Waals surface area contributed by atoms with Crippen molar-refractivity contribution in [2.75, 3.05) is 12.4 Å². The zero-order valence-electron chi connectivity index (χ0n) is 13.4. The molecule has 0 aliphatic rings. The lowest BCUT2D eigenvalue weighted by molar-refractivity contribution is -0.112. The molecule has 0 saturated carbocycles. The molecule has 0 aliphatic heterocycles. The van der Waals surface area contributed by atoms with Crippen LogP contribution in [0, 0.1) is 21.8 Å². The molecule has 0 saturated heterocycles. The van der Waals surface area contributed by atoms with Crippen LogP contribution in [0.3, 0.4) is 0 Å². The SMILES string of the molecule is COc1cc(/C=C(\C#N)C(=O)Nc2ccc(Cl)cc2C)cc(I)c1O. The Labute approximate surface area is 164 Å². The number of carbonyl (C=O) groups is 1. The van der Waals surface area contributed by atoms with Crippen molar-refractivity contribution in [1.29, 1.82) is 5.26 Å². The van der Waals surface area contributed by atoms with E-state index in [2.05, 4.69) is 5.32 Å². The molecule has 0 heterocycles. The van der Waals surface area contributed by atoms with E-state index in [9.17, 15) is 15.2 Å². The summed E-state index contributed by atoms with van der Waals surface area (Å²) in [7, 11) is 1.43. The minimum atomic E-state index is -0.532. The Morgan fingerprint density at radius 1 is 1.40 bits per heavy atom. The first-order valence-corrected chi connectivity index (χ1v) is 8.57. The highest BCUT2D eigenvalue weighted by molar-refractivity contribution is 14.1. The molecule has 1 amide bonds. The quantitative estimate of drug-likeness (QED) is 0.393. The van der Waals surface area contributed by atoms with Crippen molar-refractivity contribution in [3.05, 3.63) is 55.6 Å². The predicted molar refractivity (Wildman–Crippen MR) is 106 cm³/mol. The van der Waals surface area contributed by atoms with E-state index < -0.39 is 5.91 Å². The maximum Gasteiger partial charge on any atom is 0.266 e. The number of carbonyl (C=O) groups excluding carboxylic acids is 1. The molecule has 0 spiro atoms. The normalized spacial score (nSPS) is 10.9. The van der Waals surface area contributed by atoms with Crippen LogP contribution in [0.4, 0.5) is 5.69 Å². The fourth-order valence-corrected chi connectivity index (χ4v) is 2.96. The monoisotopic (exact) mass is 468 g/mol. The highest BCUT2D eigenvalue weighted by Gasteiger charge is 2.13. The van der Waals surface area contributed by atoms with Gasteiger partial charge in [0.05, 0.1) is 10.7 Å². The first-order valence-electron chi connectivity index (χ1n) is 7.11. The van der Waals surface area contributed by atoms with E-state index in [0.717, 1.165) is 5.56 Å². The number of aryl methyl sites for hydroxylation is 1. The molecule has 0 aromatic heterocycles. The van der Waals surface area contributed by atoms with E-state index in [1.54, 1.807) is 30.3 Å². The predicted octanol–water partition coefficient (Wildman–Crippen LogP) is 4.51. The number of anilines is 1. The van der Waals surface area contributed by atoms with Gasteiger partial charge in [-0.05, 0) is 77.0 Å². The Hall–Kier alpha value is -2.24. The molecular formula is C18H14ClIN2O3. The number of hydrogen-bond acceptors (Lipinski definition) is 4. The zero-order valence-corrected chi connectivity index (χ0v) is 16.3. The van der Waals surface area contributed by atoms with E-state index in [0.29, 0.717) is 19.8 Å². The number of nitrogens with zero attached hydrogens (tertiary/aromatic N) is 1. The summed E-state index contributed by atoms with van der Waals surface area (Å²) in [6.45, 7) is 1.81. The average Bonchev–Trinajstić information content (AvgIpc) is 2.57. The second kappa shape index (κ2) is 8.23. The van der Waals surface area contributed by atoms with E-state index in [1.165, 1.54) is 13.2 Å². The van der Waals surface area contributed by atoms with Crippen LogP contribution in [0.15, 0.2) is 35.9 Å². The number of methoxy groups -OCH3 is 1. The molecule has 2 aromatic carbocycles. The van der Waals surface area contributed by atoms with Crippen LogP contribution in [0.25, 0.3) is 6.08 Å². The summed E-state index contributed by atoms with van der Waals surface area (Å²) in [5, 5.41) is 22.4. The number of nitrogens with one attached hydrogen (secondary N) is 1. The number of rotatable bonds is 4. The molecule has 0 bridgehead atoms. The lowest BCUT2D eigenvalue weighted by Crippen LogP contribution is -2.14.